The highest BCUT2D eigenvalue weighted by molar-refractivity contribution is 5.99. The van der Waals surface area contributed by atoms with Gasteiger partial charge in [0.05, 0.1) is 11.8 Å². The summed E-state index contributed by atoms with van der Waals surface area (Å²) in [7, 11) is 2.10. The number of piperazine rings is 1. The van der Waals surface area contributed by atoms with Gasteiger partial charge >= 0.3 is 0 Å². The second-order valence-corrected chi connectivity index (χ2v) is 6.44. The maximum Gasteiger partial charge on any atom is 0.255 e. The van der Waals surface area contributed by atoms with Gasteiger partial charge in [-0.2, -0.15) is 20.1 Å². The lowest BCUT2D eigenvalue weighted by atomic mass is 10.2. The first-order valence-corrected chi connectivity index (χ1v) is 9.27. The van der Waals surface area contributed by atoms with Crippen molar-refractivity contribution in [2.75, 3.05) is 50.0 Å². The third kappa shape index (κ3) is 4.77. The van der Waals surface area contributed by atoms with Crippen LogP contribution in [0.15, 0.2) is 24.9 Å². The molecule has 0 atom stereocenters. The van der Waals surface area contributed by atoms with Gasteiger partial charge in [0.15, 0.2) is 5.82 Å². The van der Waals surface area contributed by atoms with Crippen LogP contribution in [0.4, 0.5) is 17.7 Å². The van der Waals surface area contributed by atoms with Crippen LogP contribution in [0.5, 0.6) is 0 Å². The molecule has 0 unspecified atom stereocenters. The van der Waals surface area contributed by atoms with E-state index >= 15 is 0 Å². The van der Waals surface area contributed by atoms with E-state index in [-0.39, 0.29) is 5.91 Å². The van der Waals surface area contributed by atoms with Crippen molar-refractivity contribution < 1.29 is 4.79 Å². The Bertz CT molecular complexity index is 834. The molecule has 1 fully saturated rings. The normalized spacial score (nSPS) is 14.6. The van der Waals surface area contributed by atoms with Crippen molar-refractivity contribution in [1.29, 1.82) is 0 Å². The third-order valence-electron chi connectivity index (χ3n) is 4.37. The summed E-state index contributed by atoms with van der Waals surface area (Å²) in [6.45, 7) is 9.56. The predicted octanol–water partition coefficient (Wildman–Crippen LogP) is 0.635. The number of carbonyl (C=O) groups is 1. The quantitative estimate of drug-likeness (QED) is 0.665. The van der Waals surface area contributed by atoms with E-state index in [0.29, 0.717) is 42.1 Å². The molecule has 0 radical (unpaired) electrons. The number of likely N-dealkylation sites (N-methyl/N-ethyl adjacent to an activating group) is 1. The van der Waals surface area contributed by atoms with Crippen LogP contribution in [0.2, 0.25) is 0 Å². The molecule has 3 rings (SSSR count). The van der Waals surface area contributed by atoms with Gasteiger partial charge in [-0.3, -0.25) is 4.79 Å². The predicted molar refractivity (Wildman–Crippen MR) is 107 cm³/mol. The molecule has 0 aliphatic carbocycles. The summed E-state index contributed by atoms with van der Waals surface area (Å²) >= 11 is 0. The number of rotatable bonds is 7. The van der Waals surface area contributed by atoms with Gasteiger partial charge in [0.2, 0.25) is 11.9 Å². The SMILES string of the molecule is C=CCNC(=O)c1ccnnc1Nc1nc(CC)nc(N2CCN(C)CC2)n1. The topological polar surface area (TPSA) is 112 Å². The Morgan fingerprint density at radius 1 is 1.25 bits per heavy atom. The van der Waals surface area contributed by atoms with Crippen molar-refractivity contribution in [2.24, 2.45) is 0 Å². The summed E-state index contributed by atoms with van der Waals surface area (Å²) in [6.07, 6.45) is 3.75. The zero-order valence-corrected chi connectivity index (χ0v) is 16.2. The fraction of sp³-hybridized carbons (Fsp3) is 0.444. The standard InChI is InChI=1S/C18H25N9O/c1-4-7-19-16(28)13-6-8-20-25-15(13)23-17-21-14(5-2)22-18(24-17)27-11-9-26(3)10-12-27/h4,6,8H,1,5,7,9-12H2,2-3H3,(H,19,28)(H,21,22,23,24,25). The number of amides is 1. The van der Waals surface area contributed by atoms with Crippen LogP contribution < -0.4 is 15.5 Å². The van der Waals surface area contributed by atoms with E-state index in [1.807, 2.05) is 6.92 Å². The first-order chi connectivity index (χ1) is 13.6. The highest BCUT2D eigenvalue weighted by Crippen LogP contribution is 2.18. The Hall–Kier alpha value is -3.14. The van der Waals surface area contributed by atoms with Gasteiger partial charge in [0.1, 0.15) is 5.82 Å². The summed E-state index contributed by atoms with van der Waals surface area (Å²) in [5.74, 6) is 1.67. The summed E-state index contributed by atoms with van der Waals surface area (Å²) in [5.41, 5.74) is 0.358. The van der Waals surface area contributed by atoms with E-state index in [9.17, 15) is 4.79 Å². The molecular weight excluding hydrogens is 358 g/mol. The molecule has 28 heavy (non-hydrogen) atoms. The highest BCUT2D eigenvalue weighted by Gasteiger charge is 2.19. The minimum absolute atomic E-state index is 0.277. The molecule has 10 heteroatoms. The molecule has 2 aromatic heterocycles. The van der Waals surface area contributed by atoms with Crippen LogP contribution in [-0.2, 0) is 6.42 Å². The molecule has 0 bridgehead atoms. The number of nitrogens with zero attached hydrogens (tertiary/aromatic N) is 7. The third-order valence-corrected chi connectivity index (χ3v) is 4.37. The Morgan fingerprint density at radius 3 is 2.75 bits per heavy atom. The van der Waals surface area contributed by atoms with Crippen LogP contribution in [0.25, 0.3) is 0 Å². The summed E-state index contributed by atoms with van der Waals surface area (Å²) in [5, 5.41) is 13.7. The van der Waals surface area contributed by atoms with Crippen molar-refractivity contribution in [1.82, 2.24) is 35.4 Å². The molecule has 2 aromatic rings. The molecule has 1 saturated heterocycles. The molecule has 0 saturated carbocycles. The Labute approximate surface area is 164 Å². The first-order valence-electron chi connectivity index (χ1n) is 9.27. The Morgan fingerprint density at radius 2 is 2.04 bits per heavy atom. The number of aromatic nitrogens is 5. The van der Waals surface area contributed by atoms with Crippen LogP contribution in [0.1, 0.15) is 23.1 Å². The van der Waals surface area contributed by atoms with Crippen LogP contribution in [0, 0.1) is 0 Å². The highest BCUT2D eigenvalue weighted by atomic mass is 16.1. The number of nitrogens with one attached hydrogen (secondary N) is 2. The summed E-state index contributed by atoms with van der Waals surface area (Å²) < 4.78 is 0. The van der Waals surface area contributed by atoms with E-state index in [1.54, 1.807) is 12.1 Å². The van der Waals surface area contributed by atoms with Gasteiger partial charge in [0, 0.05) is 39.1 Å². The lowest BCUT2D eigenvalue weighted by Gasteiger charge is -2.32. The van der Waals surface area contributed by atoms with Crippen LogP contribution in [0.3, 0.4) is 0 Å². The molecule has 10 nitrogen and oxygen atoms in total. The van der Waals surface area contributed by atoms with Crippen LogP contribution >= 0.6 is 0 Å². The van der Waals surface area contributed by atoms with Gasteiger partial charge in [-0.25, -0.2) is 0 Å². The second kappa shape index (κ2) is 9.18. The fourth-order valence-electron chi connectivity index (χ4n) is 2.74. The number of hydrogen-bond acceptors (Lipinski definition) is 9. The fourth-order valence-corrected chi connectivity index (χ4v) is 2.74. The summed E-state index contributed by atoms with van der Waals surface area (Å²) in [6, 6.07) is 1.59. The molecule has 148 valence electrons. The van der Waals surface area contributed by atoms with Gasteiger partial charge < -0.3 is 20.4 Å². The maximum absolute atomic E-state index is 12.4. The van der Waals surface area contributed by atoms with Crippen molar-refractivity contribution in [2.45, 2.75) is 13.3 Å². The zero-order chi connectivity index (χ0) is 19.9. The van der Waals surface area contributed by atoms with Crippen molar-refractivity contribution >= 4 is 23.6 Å². The average Bonchev–Trinajstić information content (AvgIpc) is 2.72. The lowest BCUT2D eigenvalue weighted by molar-refractivity contribution is 0.0958. The number of aryl methyl sites for hydroxylation is 1. The summed E-state index contributed by atoms with van der Waals surface area (Å²) in [4.78, 5) is 30.3. The van der Waals surface area contributed by atoms with Crippen molar-refractivity contribution in [3.05, 3.63) is 36.3 Å². The largest absolute Gasteiger partial charge is 0.348 e. The van der Waals surface area contributed by atoms with Gasteiger partial charge in [-0.15, -0.1) is 11.7 Å². The van der Waals surface area contributed by atoms with Gasteiger partial charge in [-0.05, 0) is 13.1 Å². The molecule has 3 heterocycles. The van der Waals surface area contributed by atoms with E-state index in [2.05, 4.69) is 59.2 Å². The smallest absolute Gasteiger partial charge is 0.255 e. The number of hydrogen-bond donors (Lipinski definition) is 2. The minimum Gasteiger partial charge on any atom is -0.348 e. The Kier molecular flexibility index (Phi) is 6.43. The molecule has 1 amide bonds. The van der Waals surface area contributed by atoms with Crippen LogP contribution in [-0.4, -0.2) is 75.7 Å². The molecular formula is C18H25N9O. The minimum atomic E-state index is -0.277. The van der Waals surface area contributed by atoms with E-state index in [0.717, 1.165) is 26.2 Å². The number of anilines is 3. The lowest BCUT2D eigenvalue weighted by Crippen LogP contribution is -2.45. The molecule has 2 N–H and O–H groups in total. The Balaban J connectivity index is 1.85. The van der Waals surface area contributed by atoms with Gasteiger partial charge in [-0.1, -0.05) is 13.0 Å². The molecule has 1 aliphatic rings. The van der Waals surface area contributed by atoms with Crippen molar-refractivity contribution in [3.8, 4) is 0 Å². The molecule has 0 spiro atoms. The van der Waals surface area contributed by atoms with E-state index < -0.39 is 0 Å². The van der Waals surface area contributed by atoms with E-state index in [1.165, 1.54) is 6.20 Å². The monoisotopic (exact) mass is 383 g/mol. The van der Waals surface area contributed by atoms with E-state index in [4.69, 9.17) is 0 Å². The second-order valence-electron chi connectivity index (χ2n) is 6.44. The van der Waals surface area contributed by atoms with Gasteiger partial charge in [0.25, 0.3) is 5.91 Å². The number of carbonyl (C=O) groups excluding carboxylic acids is 1. The average molecular weight is 383 g/mol. The molecule has 0 aromatic carbocycles. The molecule has 1 aliphatic heterocycles. The zero-order valence-electron chi connectivity index (χ0n) is 16.2. The maximum atomic E-state index is 12.4. The van der Waals surface area contributed by atoms with Crippen molar-refractivity contribution in [3.63, 3.8) is 0 Å². The first kappa shape index (κ1) is 19.6.